The highest BCUT2D eigenvalue weighted by Gasteiger charge is 2.28. The number of benzene rings is 2. The predicted octanol–water partition coefficient (Wildman–Crippen LogP) is 7.09. The van der Waals surface area contributed by atoms with Gasteiger partial charge >= 0.3 is 0 Å². The van der Waals surface area contributed by atoms with Crippen molar-refractivity contribution in [1.29, 1.82) is 0 Å². The molecule has 10 heteroatoms. The van der Waals surface area contributed by atoms with Crippen LogP contribution in [0.5, 0.6) is 0 Å². The summed E-state index contributed by atoms with van der Waals surface area (Å²) in [6, 6.07) is 9.63. The van der Waals surface area contributed by atoms with Gasteiger partial charge in [-0.15, -0.1) is 0 Å². The van der Waals surface area contributed by atoms with Crippen LogP contribution >= 0.6 is 34.7 Å². The van der Waals surface area contributed by atoms with Crippen LogP contribution < -0.4 is 4.90 Å². The highest BCUT2D eigenvalue weighted by Crippen LogP contribution is 2.37. The van der Waals surface area contributed by atoms with Gasteiger partial charge in [-0.1, -0.05) is 42.3 Å². The lowest BCUT2D eigenvalue weighted by atomic mass is 9.99. The van der Waals surface area contributed by atoms with Gasteiger partial charge < -0.3 is 9.15 Å². The van der Waals surface area contributed by atoms with E-state index >= 15 is 0 Å². The molecule has 1 amide bonds. The number of oxazole rings is 1. The molecule has 0 N–H and O–H groups in total. The van der Waals surface area contributed by atoms with Crippen LogP contribution in [0.15, 0.2) is 40.8 Å². The number of aromatic nitrogens is 2. The first-order chi connectivity index (χ1) is 16.3. The van der Waals surface area contributed by atoms with Gasteiger partial charge in [0.05, 0.1) is 27.2 Å². The van der Waals surface area contributed by atoms with Crippen molar-refractivity contribution in [2.75, 3.05) is 18.2 Å². The second kappa shape index (κ2) is 10.4. The molecule has 0 aliphatic carbocycles. The van der Waals surface area contributed by atoms with Gasteiger partial charge in [0, 0.05) is 6.61 Å². The Morgan fingerprint density at radius 1 is 1.26 bits per heavy atom. The number of ether oxygens (including phenoxy) is 1. The molecule has 0 fully saturated rings. The Kier molecular flexibility index (Phi) is 7.52. The smallest absolute Gasteiger partial charge is 0.236 e. The van der Waals surface area contributed by atoms with Crippen LogP contribution in [-0.4, -0.2) is 28.6 Å². The van der Waals surface area contributed by atoms with Gasteiger partial charge in [0.25, 0.3) is 0 Å². The van der Waals surface area contributed by atoms with Crippen molar-refractivity contribution in [3.8, 4) is 11.5 Å². The fourth-order valence-corrected chi connectivity index (χ4v) is 5.03. The topological polar surface area (TPSA) is 68.5 Å². The predicted molar refractivity (Wildman–Crippen MR) is 133 cm³/mol. The Hall–Kier alpha value is -2.52. The van der Waals surface area contributed by atoms with Crippen LogP contribution in [0.3, 0.4) is 0 Å². The first kappa shape index (κ1) is 24.6. The normalized spacial score (nSPS) is 12.3. The minimum Gasteiger partial charge on any atom is -0.436 e. The number of carbonyl (C=O) groups is 1. The molecule has 0 bridgehead atoms. The number of hydrogen-bond donors (Lipinski definition) is 0. The molecule has 0 saturated carbocycles. The van der Waals surface area contributed by atoms with Crippen LogP contribution in [0.2, 0.25) is 10.0 Å². The van der Waals surface area contributed by atoms with Crippen molar-refractivity contribution >= 4 is 56.7 Å². The summed E-state index contributed by atoms with van der Waals surface area (Å²) in [6.45, 7) is 6.12. The Labute approximate surface area is 210 Å². The number of amides is 1. The number of carbonyl (C=O) groups excluding carboxylic acids is 1. The van der Waals surface area contributed by atoms with Gasteiger partial charge in [0.2, 0.25) is 11.8 Å². The van der Waals surface area contributed by atoms with Gasteiger partial charge in [-0.2, -0.15) is 4.37 Å². The minimum absolute atomic E-state index is 0.0624. The molecule has 0 saturated heterocycles. The van der Waals surface area contributed by atoms with Crippen molar-refractivity contribution in [1.82, 2.24) is 9.36 Å². The Balaban J connectivity index is 1.67. The maximum Gasteiger partial charge on any atom is 0.236 e. The molecule has 0 spiro atoms. The summed E-state index contributed by atoms with van der Waals surface area (Å²) in [5.74, 6) is -1.18. The molecular weight excluding hydrogens is 500 g/mol. The van der Waals surface area contributed by atoms with E-state index in [0.29, 0.717) is 34.2 Å². The van der Waals surface area contributed by atoms with E-state index in [1.807, 2.05) is 13.8 Å². The van der Waals surface area contributed by atoms with E-state index in [4.69, 9.17) is 32.4 Å². The fraction of sp³-hybridized carbons (Fsp3) is 0.292. The lowest BCUT2D eigenvalue weighted by Gasteiger charge is -2.24. The van der Waals surface area contributed by atoms with Crippen LogP contribution in [0.25, 0.3) is 22.6 Å². The highest BCUT2D eigenvalue weighted by molar-refractivity contribution is 7.11. The quantitative estimate of drug-likeness (QED) is 0.231. The second-order valence-corrected chi connectivity index (χ2v) is 9.09. The summed E-state index contributed by atoms with van der Waals surface area (Å²) in [4.78, 5) is 19.4. The summed E-state index contributed by atoms with van der Waals surface area (Å²) < 4.78 is 30.0. The van der Waals surface area contributed by atoms with Crippen molar-refractivity contribution in [2.24, 2.45) is 0 Å². The summed E-state index contributed by atoms with van der Waals surface area (Å²) in [5.41, 5.74) is 2.51. The van der Waals surface area contributed by atoms with Crippen molar-refractivity contribution in [3.05, 3.63) is 63.5 Å². The van der Waals surface area contributed by atoms with Gasteiger partial charge in [-0.25, -0.2) is 9.37 Å². The van der Waals surface area contributed by atoms with Crippen molar-refractivity contribution in [2.45, 2.75) is 33.1 Å². The third kappa shape index (κ3) is 4.68. The van der Waals surface area contributed by atoms with Gasteiger partial charge in [0.1, 0.15) is 23.1 Å². The average molecular weight is 522 g/mol. The molecule has 0 aliphatic heterocycles. The Bertz CT molecular complexity index is 1320. The molecule has 4 rings (SSSR count). The SMILES string of the molecule is CCOCN(C(=O)C(C)c1ccc2oc(-c3c(F)cccc3Cl)nc2c1)c1snc(CC)c1Cl. The summed E-state index contributed by atoms with van der Waals surface area (Å²) >= 11 is 13.8. The van der Waals surface area contributed by atoms with Gasteiger partial charge in [0.15, 0.2) is 5.58 Å². The van der Waals surface area contributed by atoms with E-state index in [1.165, 1.54) is 28.6 Å². The van der Waals surface area contributed by atoms with Gasteiger partial charge in [-0.3, -0.25) is 9.69 Å². The third-order valence-corrected chi connectivity index (χ3v) is 7.15. The molecule has 4 aromatic rings. The number of nitrogens with zero attached hydrogens (tertiary/aromatic N) is 3. The number of rotatable bonds is 8. The molecule has 0 aliphatic rings. The maximum absolute atomic E-state index is 14.3. The van der Waals surface area contributed by atoms with Crippen LogP contribution in [0.4, 0.5) is 9.39 Å². The standard InChI is InChI=1S/C24H22Cl2FN3O3S/c1-4-17-21(26)24(34-29-17)30(12-32-5-2)23(31)13(3)14-9-10-19-18(11-14)28-22(33-19)20-15(25)7-6-8-16(20)27/h6-11,13H,4-5,12H2,1-3H3. The van der Waals surface area contributed by atoms with Crippen LogP contribution in [-0.2, 0) is 16.0 Å². The molecule has 2 aromatic carbocycles. The van der Waals surface area contributed by atoms with E-state index in [1.54, 1.807) is 31.2 Å². The molecule has 2 aromatic heterocycles. The van der Waals surface area contributed by atoms with E-state index < -0.39 is 11.7 Å². The average Bonchev–Trinajstić information content (AvgIpc) is 3.41. The van der Waals surface area contributed by atoms with Crippen molar-refractivity contribution < 1.29 is 18.3 Å². The molecule has 2 heterocycles. The number of halogens is 3. The Morgan fingerprint density at radius 3 is 2.74 bits per heavy atom. The zero-order valence-electron chi connectivity index (χ0n) is 18.8. The lowest BCUT2D eigenvalue weighted by molar-refractivity contribution is -0.120. The number of hydrogen-bond acceptors (Lipinski definition) is 6. The first-order valence-corrected chi connectivity index (χ1v) is 12.3. The van der Waals surface area contributed by atoms with E-state index in [0.717, 1.165) is 11.3 Å². The number of fused-ring (bicyclic) bond motifs is 1. The first-order valence-electron chi connectivity index (χ1n) is 10.7. The monoisotopic (exact) mass is 521 g/mol. The van der Waals surface area contributed by atoms with Gasteiger partial charge in [-0.05, 0) is 61.6 Å². The molecule has 6 nitrogen and oxygen atoms in total. The largest absolute Gasteiger partial charge is 0.436 e. The minimum atomic E-state index is -0.537. The summed E-state index contributed by atoms with van der Waals surface area (Å²) in [7, 11) is 0. The van der Waals surface area contributed by atoms with Crippen molar-refractivity contribution in [3.63, 3.8) is 0 Å². The van der Waals surface area contributed by atoms with E-state index in [9.17, 15) is 9.18 Å². The highest BCUT2D eigenvalue weighted by atomic mass is 35.5. The van der Waals surface area contributed by atoms with Crippen LogP contribution in [0.1, 0.15) is 37.9 Å². The maximum atomic E-state index is 14.3. The zero-order valence-corrected chi connectivity index (χ0v) is 21.1. The summed E-state index contributed by atoms with van der Waals surface area (Å²) in [5, 5.41) is 1.23. The molecule has 0 radical (unpaired) electrons. The zero-order chi connectivity index (χ0) is 24.4. The Morgan fingerprint density at radius 2 is 2.06 bits per heavy atom. The van der Waals surface area contributed by atoms with Crippen LogP contribution in [0, 0.1) is 5.82 Å². The van der Waals surface area contributed by atoms with E-state index in [2.05, 4.69) is 9.36 Å². The second-order valence-electron chi connectivity index (χ2n) is 7.55. The summed E-state index contributed by atoms with van der Waals surface area (Å²) in [6.07, 6.45) is 0.665. The van der Waals surface area contributed by atoms with E-state index in [-0.39, 0.29) is 29.1 Å². The molecule has 178 valence electrons. The fourth-order valence-electron chi connectivity index (χ4n) is 3.49. The molecular formula is C24H22Cl2FN3O3S. The lowest BCUT2D eigenvalue weighted by Crippen LogP contribution is -2.36. The number of anilines is 1. The molecule has 34 heavy (non-hydrogen) atoms. The number of aryl methyl sites for hydroxylation is 1. The molecule has 1 atom stereocenters. The third-order valence-electron chi connectivity index (χ3n) is 5.41. The molecule has 1 unspecified atom stereocenters.